The maximum Gasteiger partial charge on any atom is 0.320 e. The quantitative estimate of drug-likeness (QED) is 0.786. The highest BCUT2D eigenvalue weighted by atomic mass is 19.1. The minimum absolute atomic E-state index is 0.254. The summed E-state index contributed by atoms with van der Waals surface area (Å²) in [5.74, 6) is -0.0347. The van der Waals surface area contributed by atoms with Gasteiger partial charge in [-0.1, -0.05) is 12.1 Å². The van der Waals surface area contributed by atoms with Crippen molar-refractivity contribution in [2.24, 2.45) is 0 Å². The van der Waals surface area contributed by atoms with Gasteiger partial charge in [0, 0.05) is 12.6 Å². The fourth-order valence-electron chi connectivity index (χ4n) is 1.55. The third kappa shape index (κ3) is 4.20. The number of hydrogen-bond donors (Lipinski definition) is 3. The number of anilines is 1. The Morgan fingerprint density at radius 2 is 1.95 bits per heavy atom. The lowest BCUT2D eigenvalue weighted by molar-refractivity contribution is 0.252. The molecule has 0 spiro atoms. The molecule has 20 heavy (non-hydrogen) atoms. The van der Waals surface area contributed by atoms with Gasteiger partial charge in [0.25, 0.3) is 5.56 Å². The maximum absolute atomic E-state index is 12.7. The molecule has 2 amide bonds. The van der Waals surface area contributed by atoms with Gasteiger partial charge >= 0.3 is 6.03 Å². The van der Waals surface area contributed by atoms with Crippen LogP contribution in [0.25, 0.3) is 0 Å². The smallest absolute Gasteiger partial charge is 0.320 e. The summed E-state index contributed by atoms with van der Waals surface area (Å²) < 4.78 is 12.7. The number of rotatable bonds is 4. The highest BCUT2D eigenvalue weighted by Gasteiger charge is 2.02. The first kappa shape index (κ1) is 13.7. The van der Waals surface area contributed by atoms with Crippen LogP contribution in [0.1, 0.15) is 5.56 Å². The molecule has 104 valence electrons. The number of carbonyl (C=O) groups excluding carboxylic acids is 1. The van der Waals surface area contributed by atoms with Crippen LogP contribution in [0.15, 0.2) is 41.2 Å². The predicted octanol–water partition coefficient (Wildman–Crippen LogP) is 1.27. The summed E-state index contributed by atoms with van der Waals surface area (Å²) in [4.78, 5) is 22.3. The predicted molar refractivity (Wildman–Crippen MR) is 72.0 cm³/mol. The first-order chi connectivity index (χ1) is 9.63. The van der Waals surface area contributed by atoms with Gasteiger partial charge in [0.05, 0.1) is 0 Å². The van der Waals surface area contributed by atoms with Crippen LogP contribution in [0, 0.1) is 5.82 Å². The van der Waals surface area contributed by atoms with E-state index in [0.717, 1.165) is 5.56 Å². The first-order valence-electron chi connectivity index (χ1n) is 5.98. The molecule has 1 aromatic carbocycles. The molecule has 2 aromatic rings. The van der Waals surface area contributed by atoms with Crippen LogP contribution in [-0.2, 0) is 6.42 Å². The molecule has 0 saturated carbocycles. The Morgan fingerprint density at radius 1 is 1.20 bits per heavy atom. The zero-order chi connectivity index (χ0) is 14.4. The van der Waals surface area contributed by atoms with Crippen LogP contribution in [-0.4, -0.2) is 22.8 Å². The molecule has 2 rings (SSSR count). The topological polar surface area (TPSA) is 86.9 Å². The van der Waals surface area contributed by atoms with Crippen molar-refractivity contribution in [2.75, 3.05) is 11.9 Å². The maximum atomic E-state index is 12.7. The Hall–Kier alpha value is -2.70. The number of benzene rings is 1. The second kappa shape index (κ2) is 6.46. The van der Waals surface area contributed by atoms with Crippen LogP contribution >= 0.6 is 0 Å². The fraction of sp³-hybridized carbons (Fsp3) is 0.154. The molecule has 0 radical (unpaired) electrons. The summed E-state index contributed by atoms with van der Waals surface area (Å²) in [6, 6.07) is 8.32. The van der Waals surface area contributed by atoms with Crippen LogP contribution in [0.2, 0.25) is 0 Å². The van der Waals surface area contributed by atoms with E-state index in [1.165, 1.54) is 24.3 Å². The van der Waals surface area contributed by atoms with Crippen molar-refractivity contribution < 1.29 is 9.18 Å². The number of carbonyl (C=O) groups is 1. The van der Waals surface area contributed by atoms with Crippen molar-refractivity contribution >= 4 is 11.8 Å². The van der Waals surface area contributed by atoms with Gasteiger partial charge in [0.15, 0.2) is 5.82 Å². The molecule has 0 bridgehead atoms. The molecule has 3 N–H and O–H groups in total. The van der Waals surface area contributed by atoms with E-state index in [0.29, 0.717) is 13.0 Å². The number of hydrogen-bond acceptors (Lipinski definition) is 3. The number of halogens is 1. The lowest BCUT2D eigenvalue weighted by Crippen LogP contribution is -2.31. The highest BCUT2D eigenvalue weighted by molar-refractivity contribution is 5.87. The van der Waals surface area contributed by atoms with Gasteiger partial charge in [-0.25, -0.2) is 14.3 Å². The molecule has 0 aliphatic heterocycles. The summed E-state index contributed by atoms with van der Waals surface area (Å²) in [6.45, 7) is 0.404. The zero-order valence-corrected chi connectivity index (χ0v) is 10.5. The van der Waals surface area contributed by atoms with E-state index in [9.17, 15) is 14.0 Å². The Labute approximate surface area is 114 Å². The molecule has 1 aromatic heterocycles. The van der Waals surface area contributed by atoms with E-state index in [4.69, 9.17) is 0 Å². The molecular weight excluding hydrogens is 263 g/mol. The van der Waals surface area contributed by atoms with Crippen molar-refractivity contribution in [3.05, 3.63) is 58.1 Å². The molecule has 0 saturated heterocycles. The monoisotopic (exact) mass is 276 g/mol. The molecule has 1 heterocycles. The van der Waals surface area contributed by atoms with Gasteiger partial charge in [-0.2, -0.15) is 5.10 Å². The average molecular weight is 276 g/mol. The summed E-state index contributed by atoms with van der Waals surface area (Å²) in [6.07, 6.45) is 0.590. The second-order valence-corrected chi connectivity index (χ2v) is 4.06. The minimum Gasteiger partial charge on any atom is -0.337 e. The number of urea groups is 1. The molecule has 0 fully saturated rings. The number of nitrogens with zero attached hydrogens (tertiary/aromatic N) is 1. The van der Waals surface area contributed by atoms with Crippen molar-refractivity contribution in [2.45, 2.75) is 6.42 Å². The third-order valence-electron chi connectivity index (χ3n) is 2.53. The number of amides is 2. The number of nitrogens with one attached hydrogen (secondary N) is 3. The van der Waals surface area contributed by atoms with Gasteiger partial charge in [0.1, 0.15) is 5.82 Å². The zero-order valence-electron chi connectivity index (χ0n) is 10.5. The van der Waals surface area contributed by atoms with E-state index in [1.807, 2.05) is 0 Å². The first-order valence-corrected chi connectivity index (χ1v) is 5.98. The summed E-state index contributed by atoms with van der Waals surface area (Å²) >= 11 is 0. The Morgan fingerprint density at radius 3 is 2.60 bits per heavy atom. The Balaban J connectivity index is 1.76. The summed E-state index contributed by atoms with van der Waals surface area (Å²) in [5.41, 5.74) is 0.584. The molecule has 0 atom stereocenters. The van der Waals surface area contributed by atoms with Crippen LogP contribution in [0.3, 0.4) is 0 Å². The second-order valence-electron chi connectivity index (χ2n) is 4.06. The molecule has 0 aliphatic carbocycles. The van der Waals surface area contributed by atoms with Gasteiger partial charge in [-0.05, 0) is 30.2 Å². The van der Waals surface area contributed by atoms with Crippen molar-refractivity contribution in [1.82, 2.24) is 15.5 Å². The number of aromatic amines is 1. The molecule has 7 heteroatoms. The standard InChI is InChI=1S/C13H13FN4O2/c14-10-3-1-9(2-4-10)7-8-15-13(20)16-11-5-6-12(19)18-17-11/h1-6H,7-8H2,(H,18,19)(H2,15,16,17,20). The van der Waals surface area contributed by atoms with Crippen LogP contribution in [0.5, 0.6) is 0 Å². The lowest BCUT2D eigenvalue weighted by atomic mass is 10.1. The van der Waals surface area contributed by atoms with Crippen LogP contribution in [0.4, 0.5) is 15.0 Å². The third-order valence-corrected chi connectivity index (χ3v) is 2.53. The van der Waals surface area contributed by atoms with Crippen LogP contribution < -0.4 is 16.2 Å². The van der Waals surface area contributed by atoms with Gasteiger partial charge in [-0.15, -0.1) is 0 Å². The number of aromatic nitrogens is 2. The van der Waals surface area contributed by atoms with E-state index < -0.39 is 6.03 Å². The fourth-order valence-corrected chi connectivity index (χ4v) is 1.55. The Kier molecular flexibility index (Phi) is 4.43. The summed E-state index contributed by atoms with van der Waals surface area (Å²) in [5, 5.41) is 11.0. The number of H-pyrrole nitrogens is 1. The Bertz CT molecular complexity index is 619. The molecule has 0 aliphatic rings. The van der Waals surface area contributed by atoms with E-state index in [-0.39, 0.29) is 17.2 Å². The van der Waals surface area contributed by atoms with Crippen molar-refractivity contribution in [3.8, 4) is 0 Å². The molecule has 6 nitrogen and oxygen atoms in total. The average Bonchev–Trinajstić information content (AvgIpc) is 2.44. The van der Waals surface area contributed by atoms with Gasteiger partial charge in [0.2, 0.25) is 0 Å². The highest BCUT2D eigenvalue weighted by Crippen LogP contribution is 2.02. The van der Waals surface area contributed by atoms with E-state index >= 15 is 0 Å². The normalized spacial score (nSPS) is 10.1. The van der Waals surface area contributed by atoms with Crippen molar-refractivity contribution in [3.63, 3.8) is 0 Å². The molecular formula is C13H13FN4O2. The SMILES string of the molecule is O=C(NCCc1ccc(F)cc1)Nc1ccc(=O)[nH]n1. The summed E-state index contributed by atoms with van der Waals surface area (Å²) in [7, 11) is 0. The van der Waals surface area contributed by atoms with E-state index in [2.05, 4.69) is 20.8 Å². The largest absolute Gasteiger partial charge is 0.337 e. The van der Waals surface area contributed by atoms with Gasteiger partial charge in [-0.3, -0.25) is 10.1 Å². The van der Waals surface area contributed by atoms with Gasteiger partial charge < -0.3 is 5.32 Å². The lowest BCUT2D eigenvalue weighted by Gasteiger charge is -2.06. The van der Waals surface area contributed by atoms with E-state index in [1.54, 1.807) is 12.1 Å². The van der Waals surface area contributed by atoms with Crippen molar-refractivity contribution in [1.29, 1.82) is 0 Å². The minimum atomic E-state index is -0.424. The molecule has 0 unspecified atom stereocenters.